The maximum Gasteiger partial charge on any atom is 0.173 e. The molecule has 3 N–H and O–H groups in total. The summed E-state index contributed by atoms with van der Waals surface area (Å²) >= 11 is 0. The standard InChI is InChI=1S/C16H20N4O/c1-16(2)8-5-9-20(16)15-12(14(17)19-21)10-11-6-3-4-7-13(11)18-15/h3-4,6-7,10,21H,5,8-9H2,1-2H3,(H2,17,19). The van der Waals surface area contributed by atoms with E-state index in [9.17, 15) is 0 Å². The number of nitrogens with two attached hydrogens (primary N) is 1. The van der Waals surface area contributed by atoms with Crippen LogP contribution in [0.3, 0.4) is 0 Å². The Labute approximate surface area is 124 Å². The molecule has 0 bridgehead atoms. The summed E-state index contributed by atoms with van der Waals surface area (Å²) in [6, 6.07) is 9.84. The summed E-state index contributed by atoms with van der Waals surface area (Å²) in [6.45, 7) is 5.34. The van der Waals surface area contributed by atoms with E-state index in [4.69, 9.17) is 15.9 Å². The van der Waals surface area contributed by atoms with Crippen LogP contribution in [0.5, 0.6) is 0 Å². The molecule has 0 atom stereocenters. The lowest BCUT2D eigenvalue weighted by molar-refractivity contribution is 0.318. The van der Waals surface area contributed by atoms with Crippen LogP contribution in [0, 0.1) is 0 Å². The van der Waals surface area contributed by atoms with Crippen molar-refractivity contribution in [3.05, 3.63) is 35.9 Å². The summed E-state index contributed by atoms with van der Waals surface area (Å²) in [5.74, 6) is 0.900. The SMILES string of the molecule is CC1(C)CCCN1c1nc2ccccc2cc1C(N)=NO. The fourth-order valence-electron chi connectivity index (χ4n) is 3.05. The molecule has 5 nitrogen and oxygen atoms in total. The number of hydrogen-bond donors (Lipinski definition) is 2. The summed E-state index contributed by atoms with van der Waals surface area (Å²) in [5, 5.41) is 13.2. The van der Waals surface area contributed by atoms with Gasteiger partial charge in [0.05, 0.1) is 11.1 Å². The molecule has 1 saturated heterocycles. The molecule has 1 fully saturated rings. The molecule has 0 amide bonds. The van der Waals surface area contributed by atoms with Gasteiger partial charge in [-0.05, 0) is 38.8 Å². The molecule has 0 unspecified atom stereocenters. The average Bonchev–Trinajstić information content (AvgIpc) is 2.84. The smallest absolute Gasteiger partial charge is 0.173 e. The molecule has 110 valence electrons. The summed E-state index contributed by atoms with van der Waals surface area (Å²) in [4.78, 5) is 7.03. The van der Waals surface area contributed by atoms with Gasteiger partial charge >= 0.3 is 0 Å². The summed E-state index contributed by atoms with van der Waals surface area (Å²) in [7, 11) is 0. The fourth-order valence-corrected chi connectivity index (χ4v) is 3.05. The van der Waals surface area contributed by atoms with E-state index in [1.54, 1.807) is 0 Å². The number of aromatic nitrogens is 1. The first-order chi connectivity index (χ1) is 10.0. The molecule has 0 saturated carbocycles. The van der Waals surface area contributed by atoms with Crippen molar-refractivity contribution >= 4 is 22.6 Å². The lowest BCUT2D eigenvalue weighted by Crippen LogP contribution is -2.40. The highest BCUT2D eigenvalue weighted by molar-refractivity contribution is 6.04. The Balaban J connectivity index is 2.24. The van der Waals surface area contributed by atoms with Crippen molar-refractivity contribution in [1.29, 1.82) is 0 Å². The number of rotatable bonds is 2. The van der Waals surface area contributed by atoms with Crippen molar-refractivity contribution in [1.82, 2.24) is 4.98 Å². The molecule has 1 aromatic heterocycles. The van der Waals surface area contributed by atoms with Crippen LogP contribution in [0.4, 0.5) is 5.82 Å². The Bertz CT molecular complexity index is 708. The number of fused-ring (bicyclic) bond motifs is 1. The second kappa shape index (κ2) is 4.91. The number of pyridine rings is 1. The number of oxime groups is 1. The van der Waals surface area contributed by atoms with E-state index >= 15 is 0 Å². The van der Waals surface area contributed by atoms with Crippen molar-refractivity contribution < 1.29 is 5.21 Å². The van der Waals surface area contributed by atoms with E-state index in [2.05, 4.69) is 23.9 Å². The van der Waals surface area contributed by atoms with Crippen LogP contribution in [-0.4, -0.2) is 28.1 Å². The molecular weight excluding hydrogens is 264 g/mol. The molecule has 0 aliphatic carbocycles. The summed E-state index contributed by atoms with van der Waals surface area (Å²) in [5.41, 5.74) is 7.51. The topological polar surface area (TPSA) is 74.7 Å². The molecule has 21 heavy (non-hydrogen) atoms. The van der Waals surface area contributed by atoms with E-state index in [0.29, 0.717) is 5.56 Å². The first kappa shape index (κ1) is 13.7. The van der Waals surface area contributed by atoms with Crippen LogP contribution in [0.2, 0.25) is 0 Å². The first-order valence-electron chi connectivity index (χ1n) is 7.18. The minimum atomic E-state index is 0.0277. The third-order valence-electron chi connectivity index (χ3n) is 4.24. The molecular formula is C16H20N4O. The van der Waals surface area contributed by atoms with Gasteiger partial charge in [0.1, 0.15) is 5.82 Å². The number of para-hydroxylation sites is 1. The van der Waals surface area contributed by atoms with Crippen LogP contribution in [0.15, 0.2) is 35.5 Å². The summed E-state index contributed by atoms with van der Waals surface area (Å²) < 4.78 is 0. The van der Waals surface area contributed by atoms with Crippen molar-refractivity contribution in [2.75, 3.05) is 11.4 Å². The Morgan fingerprint density at radius 2 is 2.14 bits per heavy atom. The lowest BCUT2D eigenvalue weighted by Gasteiger charge is -2.34. The van der Waals surface area contributed by atoms with Gasteiger partial charge in [-0.15, -0.1) is 0 Å². The highest BCUT2D eigenvalue weighted by Crippen LogP contribution is 2.35. The first-order valence-corrected chi connectivity index (χ1v) is 7.18. The van der Waals surface area contributed by atoms with Crippen molar-refractivity contribution in [2.45, 2.75) is 32.2 Å². The molecule has 0 spiro atoms. The zero-order chi connectivity index (χ0) is 15.0. The van der Waals surface area contributed by atoms with Crippen molar-refractivity contribution in [2.24, 2.45) is 10.9 Å². The van der Waals surface area contributed by atoms with Crippen LogP contribution < -0.4 is 10.6 Å². The van der Waals surface area contributed by atoms with Gasteiger partial charge in [-0.3, -0.25) is 0 Å². The number of benzene rings is 1. The maximum absolute atomic E-state index is 9.07. The third kappa shape index (κ3) is 2.28. The van der Waals surface area contributed by atoms with E-state index in [1.807, 2.05) is 30.3 Å². The van der Waals surface area contributed by atoms with E-state index in [0.717, 1.165) is 36.1 Å². The van der Waals surface area contributed by atoms with Gasteiger partial charge in [0.2, 0.25) is 0 Å². The Hall–Kier alpha value is -2.30. The van der Waals surface area contributed by atoms with Gasteiger partial charge in [-0.2, -0.15) is 0 Å². The van der Waals surface area contributed by atoms with Gasteiger partial charge in [-0.25, -0.2) is 4.98 Å². The second-order valence-electron chi connectivity index (χ2n) is 6.11. The van der Waals surface area contributed by atoms with E-state index in [1.165, 1.54) is 0 Å². The number of hydrogen-bond acceptors (Lipinski definition) is 4. The molecule has 0 radical (unpaired) electrons. The van der Waals surface area contributed by atoms with Gasteiger partial charge in [-0.1, -0.05) is 23.4 Å². The molecule has 5 heteroatoms. The van der Waals surface area contributed by atoms with Gasteiger partial charge in [0.25, 0.3) is 0 Å². The molecule has 1 aliphatic rings. The Kier molecular flexibility index (Phi) is 3.20. The van der Waals surface area contributed by atoms with Crippen LogP contribution in [-0.2, 0) is 0 Å². The predicted molar refractivity (Wildman–Crippen MR) is 84.9 cm³/mol. The Morgan fingerprint density at radius 3 is 2.81 bits per heavy atom. The number of anilines is 1. The second-order valence-corrected chi connectivity index (χ2v) is 6.11. The minimum Gasteiger partial charge on any atom is -0.409 e. The molecule has 1 aliphatic heterocycles. The molecule has 1 aromatic carbocycles. The van der Waals surface area contributed by atoms with Gasteiger partial charge in [0.15, 0.2) is 5.84 Å². The molecule has 3 rings (SSSR count). The molecule has 2 heterocycles. The van der Waals surface area contributed by atoms with Crippen LogP contribution in [0.1, 0.15) is 32.3 Å². The van der Waals surface area contributed by atoms with Crippen LogP contribution >= 0.6 is 0 Å². The van der Waals surface area contributed by atoms with E-state index in [-0.39, 0.29) is 11.4 Å². The van der Waals surface area contributed by atoms with Crippen molar-refractivity contribution in [3.63, 3.8) is 0 Å². The van der Waals surface area contributed by atoms with Crippen molar-refractivity contribution in [3.8, 4) is 0 Å². The largest absolute Gasteiger partial charge is 0.409 e. The zero-order valence-corrected chi connectivity index (χ0v) is 12.4. The highest BCUT2D eigenvalue weighted by Gasteiger charge is 2.34. The lowest BCUT2D eigenvalue weighted by atomic mass is 10.0. The quantitative estimate of drug-likeness (QED) is 0.385. The summed E-state index contributed by atoms with van der Waals surface area (Å²) in [6.07, 6.45) is 2.23. The number of amidine groups is 1. The maximum atomic E-state index is 9.07. The monoisotopic (exact) mass is 284 g/mol. The fraction of sp³-hybridized carbons (Fsp3) is 0.375. The zero-order valence-electron chi connectivity index (χ0n) is 12.4. The number of nitrogens with zero attached hydrogens (tertiary/aromatic N) is 3. The average molecular weight is 284 g/mol. The predicted octanol–water partition coefficient (Wildman–Crippen LogP) is 2.71. The normalized spacial score (nSPS) is 18.4. The minimum absolute atomic E-state index is 0.0277. The van der Waals surface area contributed by atoms with E-state index < -0.39 is 0 Å². The molecule has 2 aromatic rings. The third-order valence-corrected chi connectivity index (χ3v) is 4.24. The Morgan fingerprint density at radius 1 is 1.38 bits per heavy atom. The highest BCUT2D eigenvalue weighted by atomic mass is 16.4. The van der Waals surface area contributed by atoms with Crippen LogP contribution in [0.25, 0.3) is 10.9 Å². The van der Waals surface area contributed by atoms with Gasteiger partial charge in [0, 0.05) is 17.5 Å². The van der Waals surface area contributed by atoms with Gasteiger partial charge < -0.3 is 15.8 Å².